The van der Waals surface area contributed by atoms with Gasteiger partial charge in [-0.1, -0.05) is 30.3 Å². The zero-order chi connectivity index (χ0) is 15.4. The molecule has 1 amide bonds. The fourth-order valence-corrected chi connectivity index (χ4v) is 2.52. The lowest BCUT2D eigenvalue weighted by atomic mass is 10.0. The van der Waals surface area contributed by atoms with Crippen molar-refractivity contribution in [1.82, 2.24) is 5.32 Å². The number of hydrogen-bond acceptors (Lipinski definition) is 3. The van der Waals surface area contributed by atoms with E-state index < -0.39 is 0 Å². The minimum atomic E-state index is 0.0273. The molecule has 0 fully saturated rings. The topological polar surface area (TPSA) is 58.4 Å². The van der Waals surface area contributed by atoms with Crippen molar-refractivity contribution in [1.29, 1.82) is 0 Å². The summed E-state index contributed by atoms with van der Waals surface area (Å²) in [7, 11) is 1.93. The lowest BCUT2D eigenvalue weighted by molar-refractivity contribution is -0.120. The van der Waals surface area contributed by atoms with Crippen molar-refractivity contribution in [2.45, 2.75) is 26.4 Å². The highest BCUT2D eigenvalue weighted by Gasteiger charge is 2.12. The molecule has 0 atom stereocenters. The number of hydrogen-bond donors (Lipinski definition) is 2. The highest BCUT2D eigenvalue weighted by atomic mass is 16.2. The number of likely N-dealkylation sites (N-methyl/N-ethyl adjacent to an activating group) is 1. The van der Waals surface area contributed by atoms with Crippen LogP contribution in [0.25, 0.3) is 10.8 Å². The molecule has 0 aliphatic heterocycles. The number of fused-ring (bicyclic) bond motifs is 1. The molecule has 4 nitrogen and oxygen atoms in total. The van der Waals surface area contributed by atoms with E-state index in [-0.39, 0.29) is 11.9 Å². The molecule has 21 heavy (non-hydrogen) atoms. The number of benzene rings is 2. The van der Waals surface area contributed by atoms with Gasteiger partial charge in [0, 0.05) is 30.7 Å². The summed E-state index contributed by atoms with van der Waals surface area (Å²) >= 11 is 0. The Morgan fingerprint density at radius 3 is 2.48 bits per heavy atom. The summed E-state index contributed by atoms with van der Waals surface area (Å²) in [5.41, 5.74) is 7.96. The molecule has 0 radical (unpaired) electrons. The molecule has 2 aromatic carbocycles. The predicted molar refractivity (Wildman–Crippen MR) is 88.4 cm³/mol. The molecule has 0 unspecified atom stereocenters. The highest BCUT2D eigenvalue weighted by Crippen LogP contribution is 2.28. The highest BCUT2D eigenvalue weighted by molar-refractivity contribution is 5.97. The molecular weight excluding hydrogens is 262 g/mol. The second-order valence-electron chi connectivity index (χ2n) is 5.57. The summed E-state index contributed by atoms with van der Waals surface area (Å²) in [6.45, 7) is 4.77. The van der Waals surface area contributed by atoms with Crippen molar-refractivity contribution >= 4 is 22.4 Å². The molecular formula is C17H23N3O. The van der Waals surface area contributed by atoms with Crippen molar-refractivity contribution in [3.8, 4) is 0 Å². The molecule has 0 bridgehead atoms. The van der Waals surface area contributed by atoms with Gasteiger partial charge in [-0.2, -0.15) is 0 Å². The van der Waals surface area contributed by atoms with Gasteiger partial charge in [-0.05, 0) is 30.9 Å². The third-order valence-electron chi connectivity index (χ3n) is 3.45. The Hall–Kier alpha value is -2.07. The van der Waals surface area contributed by atoms with Gasteiger partial charge in [0.25, 0.3) is 0 Å². The van der Waals surface area contributed by atoms with Crippen LogP contribution in [-0.2, 0) is 11.3 Å². The molecule has 0 spiro atoms. The van der Waals surface area contributed by atoms with Gasteiger partial charge in [0.05, 0.1) is 6.54 Å². The maximum Gasteiger partial charge on any atom is 0.239 e. The van der Waals surface area contributed by atoms with Crippen molar-refractivity contribution in [2.75, 3.05) is 18.5 Å². The van der Waals surface area contributed by atoms with Crippen LogP contribution in [0.4, 0.5) is 5.69 Å². The van der Waals surface area contributed by atoms with E-state index in [1.165, 1.54) is 0 Å². The van der Waals surface area contributed by atoms with Gasteiger partial charge in [-0.3, -0.25) is 4.79 Å². The SMILES string of the molecule is CC(C)NC(=O)CN(C)c1ccc(CN)c2ccccc12. The van der Waals surface area contributed by atoms with E-state index in [0.717, 1.165) is 22.0 Å². The van der Waals surface area contributed by atoms with Crippen LogP contribution in [0, 0.1) is 0 Å². The van der Waals surface area contributed by atoms with Crippen LogP contribution in [-0.4, -0.2) is 25.5 Å². The van der Waals surface area contributed by atoms with E-state index in [1.807, 2.05) is 50.1 Å². The van der Waals surface area contributed by atoms with E-state index in [1.54, 1.807) is 0 Å². The van der Waals surface area contributed by atoms with Gasteiger partial charge >= 0.3 is 0 Å². The van der Waals surface area contributed by atoms with Crippen LogP contribution in [0.1, 0.15) is 19.4 Å². The van der Waals surface area contributed by atoms with Crippen molar-refractivity contribution < 1.29 is 4.79 Å². The average molecular weight is 285 g/mol. The lowest BCUT2D eigenvalue weighted by Crippen LogP contribution is -2.38. The Bertz CT molecular complexity index is 637. The quantitative estimate of drug-likeness (QED) is 0.886. The first-order valence-electron chi connectivity index (χ1n) is 7.24. The maximum atomic E-state index is 11.9. The monoisotopic (exact) mass is 285 g/mol. The van der Waals surface area contributed by atoms with E-state index in [9.17, 15) is 4.79 Å². The van der Waals surface area contributed by atoms with Crippen LogP contribution >= 0.6 is 0 Å². The standard InChI is InChI=1S/C17H23N3O/c1-12(2)19-17(21)11-20(3)16-9-8-13(10-18)14-6-4-5-7-15(14)16/h4-9,12H,10-11,18H2,1-3H3,(H,19,21). The summed E-state index contributed by atoms with van der Waals surface area (Å²) in [6, 6.07) is 12.4. The Morgan fingerprint density at radius 1 is 1.19 bits per heavy atom. The minimum Gasteiger partial charge on any atom is -0.365 e. The molecule has 0 aliphatic rings. The number of carbonyl (C=O) groups excluding carboxylic acids is 1. The number of nitrogens with two attached hydrogens (primary N) is 1. The molecule has 3 N–H and O–H groups in total. The van der Waals surface area contributed by atoms with E-state index in [4.69, 9.17) is 5.73 Å². The Labute approximate surface area is 125 Å². The van der Waals surface area contributed by atoms with Gasteiger partial charge in [-0.15, -0.1) is 0 Å². The van der Waals surface area contributed by atoms with Crippen LogP contribution in [0.2, 0.25) is 0 Å². The number of amides is 1. The third-order valence-corrected chi connectivity index (χ3v) is 3.45. The molecule has 2 rings (SSSR count). The number of anilines is 1. The summed E-state index contributed by atoms with van der Waals surface area (Å²) in [6.07, 6.45) is 0. The fraction of sp³-hybridized carbons (Fsp3) is 0.353. The van der Waals surface area contributed by atoms with E-state index in [0.29, 0.717) is 13.1 Å². The first-order chi connectivity index (χ1) is 10.0. The maximum absolute atomic E-state index is 11.9. The molecule has 2 aromatic rings. The predicted octanol–water partition coefficient (Wildman–Crippen LogP) is 2.26. The lowest BCUT2D eigenvalue weighted by Gasteiger charge is -2.22. The van der Waals surface area contributed by atoms with Crippen molar-refractivity contribution in [2.24, 2.45) is 5.73 Å². The Kier molecular flexibility index (Phi) is 4.81. The zero-order valence-corrected chi connectivity index (χ0v) is 12.9. The van der Waals surface area contributed by atoms with Crippen molar-refractivity contribution in [3.05, 3.63) is 42.0 Å². The number of rotatable bonds is 5. The molecule has 0 heterocycles. The average Bonchev–Trinajstić information content (AvgIpc) is 2.44. The Morgan fingerprint density at radius 2 is 1.86 bits per heavy atom. The second kappa shape index (κ2) is 6.59. The normalized spacial score (nSPS) is 10.9. The van der Waals surface area contributed by atoms with Gasteiger partial charge in [0.2, 0.25) is 5.91 Å². The van der Waals surface area contributed by atoms with Gasteiger partial charge in [0.1, 0.15) is 0 Å². The summed E-state index contributed by atoms with van der Waals surface area (Å²) in [5.74, 6) is 0.0273. The number of nitrogens with one attached hydrogen (secondary N) is 1. The largest absolute Gasteiger partial charge is 0.365 e. The molecule has 0 saturated carbocycles. The van der Waals surface area contributed by atoms with Crippen LogP contribution in [0.3, 0.4) is 0 Å². The first-order valence-corrected chi connectivity index (χ1v) is 7.24. The summed E-state index contributed by atoms with van der Waals surface area (Å²) in [5, 5.41) is 5.19. The molecule has 0 saturated heterocycles. The number of carbonyl (C=O) groups is 1. The first kappa shape index (κ1) is 15.3. The molecule has 112 valence electrons. The minimum absolute atomic E-state index is 0.0273. The molecule has 4 heteroatoms. The zero-order valence-electron chi connectivity index (χ0n) is 12.9. The van der Waals surface area contributed by atoms with Gasteiger partial charge < -0.3 is 16.0 Å². The summed E-state index contributed by atoms with van der Waals surface area (Å²) < 4.78 is 0. The van der Waals surface area contributed by atoms with Gasteiger partial charge in [-0.25, -0.2) is 0 Å². The summed E-state index contributed by atoms with van der Waals surface area (Å²) in [4.78, 5) is 13.9. The van der Waals surface area contributed by atoms with Crippen molar-refractivity contribution in [3.63, 3.8) is 0 Å². The van der Waals surface area contributed by atoms with Crippen LogP contribution < -0.4 is 16.0 Å². The van der Waals surface area contributed by atoms with Crippen LogP contribution in [0.15, 0.2) is 36.4 Å². The second-order valence-corrected chi connectivity index (χ2v) is 5.57. The van der Waals surface area contributed by atoms with Gasteiger partial charge in [0.15, 0.2) is 0 Å². The van der Waals surface area contributed by atoms with Crippen LogP contribution in [0.5, 0.6) is 0 Å². The Balaban J connectivity index is 2.32. The van der Waals surface area contributed by atoms with E-state index >= 15 is 0 Å². The molecule has 0 aromatic heterocycles. The molecule has 0 aliphatic carbocycles. The van der Waals surface area contributed by atoms with E-state index in [2.05, 4.69) is 17.4 Å². The third kappa shape index (κ3) is 3.52. The smallest absolute Gasteiger partial charge is 0.239 e. The number of nitrogens with zero attached hydrogens (tertiary/aromatic N) is 1. The fourth-order valence-electron chi connectivity index (χ4n) is 2.52.